The monoisotopic (exact) mass is 429 g/mol. The number of esters is 1. The Labute approximate surface area is 178 Å². The summed E-state index contributed by atoms with van der Waals surface area (Å²) in [7, 11) is 1.33. The first-order valence-corrected chi connectivity index (χ1v) is 10.8. The zero-order valence-electron chi connectivity index (χ0n) is 17.0. The second kappa shape index (κ2) is 8.80. The first-order valence-electron chi connectivity index (χ1n) is 9.07. The fourth-order valence-corrected chi connectivity index (χ4v) is 4.60. The molecule has 0 spiro atoms. The Morgan fingerprint density at radius 3 is 2.52 bits per heavy atom. The fraction of sp³-hybridized carbons (Fsp3) is 0.273. The Kier molecular flexibility index (Phi) is 6.39. The third-order valence-corrected chi connectivity index (χ3v) is 6.86. The van der Waals surface area contributed by atoms with E-state index in [0.29, 0.717) is 22.0 Å². The number of nitrogens with one attached hydrogen (secondary N) is 1. The van der Waals surface area contributed by atoms with Crippen LogP contribution >= 0.6 is 22.7 Å². The summed E-state index contributed by atoms with van der Waals surface area (Å²) in [6, 6.07) is 7.79. The van der Waals surface area contributed by atoms with Crippen molar-refractivity contribution in [3.63, 3.8) is 0 Å². The largest absolute Gasteiger partial charge is 0.489 e. The van der Waals surface area contributed by atoms with E-state index in [4.69, 9.17) is 9.47 Å². The van der Waals surface area contributed by atoms with Gasteiger partial charge in [0.1, 0.15) is 17.4 Å². The number of carbonyl (C=O) groups is 2. The van der Waals surface area contributed by atoms with Crippen LogP contribution in [0.5, 0.6) is 5.75 Å². The van der Waals surface area contributed by atoms with Crippen molar-refractivity contribution in [2.24, 2.45) is 0 Å². The van der Waals surface area contributed by atoms with Crippen molar-refractivity contribution in [1.29, 1.82) is 0 Å². The maximum Gasteiger partial charge on any atom is 0.341 e. The molecule has 0 aliphatic carbocycles. The van der Waals surface area contributed by atoms with E-state index in [1.54, 1.807) is 0 Å². The molecule has 1 amide bonds. The van der Waals surface area contributed by atoms with Crippen molar-refractivity contribution >= 4 is 39.6 Å². The molecule has 7 heteroatoms. The second-order valence-corrected chi connectivity index (χ2v) is 8.92. The molecule has 3 rings (SSSR count). The molecule has 0 atom stereocenters. The molecule has 1 aromatic carbocycles. The summed E-state index contributed by atoms with van der Waals surface area (Å²) in [6.07, 6.45) is 0. The summed E-state index contributed by atoms with van der Waals surface area (Å²) in [6.45, 7) is 8.25. The predicted octanol–water partition coefficient (Wildman–Crippen LogP) is 5.66. The molecule has 29 heavy (non-hydrogen) atoms. The number of rotatable bonds is 6. The number of carbonyl (C=O) groups excluding carboxylic acids is 2. The topological polar surface area (TPSA) is 64.6 Å². The first kappa shape index (κ1) is 21.1. The van der Waals surface area contributed by atoms with Gasteiger partial charge in [-0.3, -0.25) is 4.79 Å². The molecule has 3 aromatic rings. The van der Waals surface area contributed by atoms with Crippen molar-refractivity contribution < 1.29 is 19.1 Å². The van der Waals surface area contributed by atoms with E-state index in [2.05, 4.69) is 12.2 Å². The van der Waals surface area contributed by atoms with Gasteiger partial charge in [0, 0.05) is 10.4 Å². The molecule has 0 aliphatic rings. The predicted molar refractivity (Wildman–Crippen MR) is 118 cm³/mol. The van der Waals surface area contributed by atoms with Crippen molar-refractivity contribution in [3.8, 4) is 5.75 Å². The minimum Gasteiger partial charge on any atom is -0.489 e. The molecule has 0 radical (unpaired) electrons. The molecule has 5 nitrogen and oxygen atoms in total. The van der Waals surface area contributed by atoms with Crippen LogP contribution in [-0.4, -0.2) is 19.0 Å². The Hall–Kier alpha value is -2.64. The number of hydrogen-bond acceptors (Lipinski definition) is 6. The van der Waals surface area contributed by atoms with E-state index in [0.717, 1.165) is 21.8 Å². The quantitative estimate of drug-likeness (QED) is 0.514. The standard InChI is InChI=1S/C22H23NO4S2/c1-12-6-7-17(8-13(12)2)27-10-16-9-18(28-11-16)20(24)23-21-19(22(25)26-5)14(3)15(4)29-21/h6-9,11H,10H2,1-5H3,(H,23,24). The molecular weight excluding hydrogens is 406 g/mol. The van der Waals surface area contributed by atoms with E-state index in [1.807, 2.05) is 50.4 Å². The normalized spacial score (nSPS) is 10.7. The van der Waals surface area contributed by atoms with Crippen LogP contribution < -0.4 is 10.1 Å². The van der Waals surface area contributed by atoms with Crippen molar-refractivity contribution in [1.82, 2.24) is 0 Å². The van der Waals surface area contributed by atoms with Gasteiger partial charge in [-0.25, -0.2) is 4.79 Å². The third kappa shape index (κ3) is 4.68. The van der Waals surface area contributed by atoms with Gasteiger partial charge in [-0.1, -0.05) is 6.07 Å². The van der Waals surface area contributed by atoms with Gasteiger partial charge in [-0.2, -0.15) is 0 Å². The van der Waals surface area contributed by atoms with Crippen LogP contribution in [0.4, 0.5) is 5.00 Å². The molecule has 0 fully saturated rings. The number of benzene rings is 1. The van der Waals surface area contributed by atoms with Crippen LogP contribution in [0.15, 0.2) is 29.6 Å². The smallest absolute Gasteiger partial charge is 0.341 e. The third-order valence-electron chi connectivity index (χ3n) is 4.76. The average molecular weight is 430 g/mol. The summed E-state index contributed by atoms with van der Waals surface area (Å²) >= 11 is 2.72. The van der Waals surface area contributed by atoms with Gasteiger partial charge >= 0.3 is 5.97 Å². The number of hydrogen-bond donors (Lipinski definition) is 1. The molecule has 0 bridgehead atoms. The maximum absolute atomic E-state index is 12.7. The highest BCUT2D eigenvalue weighted by Gasteiger charge is 2.22. The highest BCUT2D eigenvalue weighted by molar-refractivity contribution is 7.17. The van der Waals surface area contributed by atoms with E-state index in [-0.39, 0.29) is 5.91 Å². The lowest BCUT2D eigenvalue weighted by molar-refractivity contribution is 0.0601. The minimum atomic E-state index is -0.448. The lowest BCUT2D eigenvalue weighted by Crippen LogP contribution is -2.13. The first-order chi connectivity index (χ1) is 13.8. The number of anilines is 1. The molecule has 0 aliphatic heterocycles. The highest BCUT2D eigenvalue weighted by Crippen LogP contribution is 2.33. The summed E-state index contributed by atoms with van der Waals surface area (Å²) < 4.78 is 10.7. The van der Waals surface area contributed by atoms with E-state index >= 15 is 0 Å². The average Bonchev–Trinajstić information content (AvgIpc) is 3.27. The Balaban J connectivity index is 1.69. The van der Waals surface area contributed by atoms with Gasteiger partial charge in [-0.05, 0) is 68.0 Å². The Morgan fingerprint density at radius 1 is 1.07 bits per heavy atom. The molecular formula is C22H23NO4S2. The van der Waals surface area contributed by atoms with Gasteiger partial charge < -0.3 is 14.8 Å². The van der Waals surface area contributed by atoms with Crippen LogP contribution in [-0.2, 0) is 11.3 Å². The zero-order valence-corrected chi connectivity index (χ0v) is 18.7. The van der Waals surface area contributed by atoms with Crippen LogP contribution in [0.25, 0.3) is 0 Å². The number of aryl methyl sites for hydroxylation is 3. The molecule has 0 saturated heterocycles. The maximum atomic E-state index is 12.7. The van der Waals surface area contributed by atoms with Crippen LogP contribution in [0, 0.1) is 27.7 Å². The van der Waals surface area contributed by atoms with Crippen molar-refractivity contribution in [2.75, 3.05) is 12.4 Å². The lowest BCUT2D eigenvalue weighted by Gasteiger charge is -2.07. The SMILES string of the molecule is COC(=O)c1c(NC(=O)c2cc(COc3ccc(C)c(C)c3)cs2)sc(C)c1C. The Morgan fingerprint density at radius 2 is 1.83 bits per heavy atom. The molecule has 2 aromatic heterocycles. The van der Waals surface area contributed by atoms with Crippen LogP contribution in [0.2, 0.25) is 0 Å². The van der Waals surface area contributed by atoms with Gasteiger partial charge in [-0.15, -0.1) is 22.7 Å². The van der Waals surface area contributed by atoms with E-state index in [9.17, 15) is 9.59 Å². The lowest BCUT2D eigenvalue weighted by atomic mass is 10.1. The molecule has 0 saturated carbocycles. The fourth-order valence-electron chi connectivity index (χ4n) is 2.77. The Bertz CT molecular complexity index is 1060. The molecule has 152 valence electrons. The molecule has 1 N–H and O–H groups in total. The van der Waals surface area contributed by atoms with Gasteiger partial charge in [0.2, 0.25) is 0 Å². The number of ether oxygens (including phenoxy) is 2. The summed E-state index contributed by atoms with van der Waals surface area (Å²) in [5, 5.41) is 5.27. The molecule has 2 heterocycles. The van der Waals surface area contributed by atoms with E-state index < -0.39 is 5.97 Å². The van der Waals surface area contributed by atoms with Gasteiger partial charge in [0.15, 0.2) is 0 Å². The molecule has 0 unspecified atom stereocenters. The van der Waals surface area contributed by atoms with Crippen LogP contribution in [0.3, 0.4) is 0 Å². The number of thiophene rings is 2. The summed E-state index contributed by atoms with van der Waals surface area (Å²) in [5.41, 5.74) is 4.56. The minimum absolute atomic E-state index is 0.251. The van der Waals surface area contributed by atoms with Crippen LogP contribution in [0.1, 0.15) is 47.2 Å². The summed E-state index contributed by atoms with van der Waals surface area (Å²) in [5.74, 6) is 0.104. The summed E-state index contributed by atoms with van der Waals surface area (Å²) in [4.78, 5) is 26.3. The van der Waals surface area contributed by atoms with Crippen molar-refractivity contribution in [3.05, 3.63) is 67.2 Å². The number of amides is 1. The zero-order chi connectivity index (χ0) is 21.1. The van der Waals surface area contributed by atoms with Crippen molar-refractivity contribution in [2.45, 2.75) is 34.3 Å². The number of methoxy groups -OCH3 is 1. The highest BCUT2D eigenvalue weighted by atomic mass is 32.1. The second-order valence-electron chi connectivity index (χ2n) is 6.79. The van der Waals surface area contributed by atoms with Gasteiger partial charge in [0.25, 0.3) is 5.91 Å². The van der Waals surface area contributed by atoms with Gasteiger partial charge in [0.05, 0.1) is 17.6 Å². The van der Waals surface area contributed by atoms with E-state index in [1.165, 1.54) is 40.9 Å².